The molecule has 21 heavy (non-hydrogen) atoms. The van der Waals surface area contributed by atoms with E-state index in [2.05, 4.69) is 78.5 Å². The van der Waals surface area contributed by atoms with Crippen molar-refractivity contribution >= 4 is 0 Å². The summed E-state index contributed by atoms with van der Waals surface area (Å²) in [6, 6.07) is 21.1. The van der Waals surface area contributed by atoms with Crippen LogP contribution in [0.3, 0.4) is 0 Å². The van der Waals surface area contributed by atoms with Gasteiger partial charge in [-0.1, -0.05) is 54.6 Å². The van der Waals surface area contributed by atoms with Crippen molar-refractivity contribution in [3.8, 4) is 0 Å². The fraction of sp³-hybridized carbons (Fsp3) is 0.368. The van der Waals surface area contributed by atoms with Gasteiger partial charge in [-0.2, -0.15) is 0 Å². The van der Waals surface area contributed by atoms with Crippen LogP contribution in [0.15, 0.2) is 54.6 Å². The SMILES string of the molecule is CN1CCN(C)[C@H]2c3ccccc3[C@@H](c3ccccc3)[C@@H]21. The highest BCUT2D eigenvalue weighted by molar-refractivity contribution is 5.48. The van der Waals surface area contributed by atoms with Crippen LogP contribution in [0.5, 0.6) is 0 Å². The molecule has 1 aliphatic heterocycles. The van der Waals surface area contributed by atoms with E-state index in [1.54, 1.807) is 0 Å². The average molecular weight is 278 g/mol. The van der Waals surface area contributed by atoms with Crippen LogP contribution in [-0.4, -0.2) is 43.0 Å². The Morgan fingerprint density at radius 3 is 2.14 bits per heavy atom. The molecule has 2 heteroatoms. The number of hydrogen-bond acceptors (Lipinski definition) is 2. The molecule has 0 amide bonds. The zero-order chi connectivity index (χ0) is 14.4. The van der Waals surface area contributed by atoms with Crippen LogP contribution in [0.2, 0.25) is 0 Å². The van der Waals surface area contributed by atoms with Crippen LogP contribution in [0.25, 0.3) is 0 Å². The largest absolute Gasteiger partial charge is 0.299 e. The third-order valence-corrected chi connectivity index (χ3v) is 5.26. The summed E-state index contributed by atoms with van der Waals surface area (Å²) in [5.74, 6) is 0.486. The minimum absolute atomic E-state index is 0.486. The number of likely N-dealkylation sites (N-methyl/N-ethyl adjacent to an activating group) is 2. The Morgan fingerprint density at radius 1 is 0.762 bits per heavy atom. The van der Waals surface area contributed by atoms with Crippen molar-refractivity contribution in [1.29, 1.82) is 0 Å². The molecule has 108 valence electrons. The fourth-order valence-electron chi connectivity index (χ4n) is 4.25. The van der Waals surface area contributed by atoms with E-state index in [9.17, 15) is 0 Å². The van der Waals surface area contributed by atoms with E-state index in [1.807, 2.05) is 0 Å². The third-order valence-electron chi connectivity index (χ3n) is 5.26. The van der Waals surface area contributed by atoms with Gasteiger partial charge in [-0.05, 0) is 30.8 Å². The Bertz CT molecular complexity index is 637. The normalized spacial score (nSPS) is 29.1. The summed E-state index contributed by atoms with van der Waals surface area (Å²) in [6.07, 6.45) is 0. The van der Waals surface area contributed by atoms with Gasteiger partial charge < -0.3 is 0 Å². The first kappa shape index (κ1) is 13.1. The van der Waals surface area contributed by atoms with Crippen LogP contribution in [0.4, 0.5) is 0 Å². The van der Waals surface area contributed by atoms with Crippen molar-refractivity contribution < 1.29 is 0 Å². The number of fused-ring (bicyclic) bond motifs is 3. The van der Waals surface area contributed by atoms with E-state index < -0.39 is 0 Å². The molecule has 1 aliphatic carbocycles. The number of nitrogens with zero attached hydrogens (tertiary/aromatic N) is 2. The van der Waals surface area contributed by atoms with E-state index in [-0.39, 0.29) is 0 Å². The van der Waals surface area contributed by atoms with Crippen molar-refractivity contribution in [2.45, 2.75) is 18.0 Å². The maximum atomic E-state index is 2.56. The Kier molecular flexibility index (Phi) is 3.09. The zero-order valence-electron chi connectivity index (χ0n) is 12.7. The molecule has 3 atom stereocenters. The third kappa shape index (κ3) is 1.94. The summed E-state index contributed by atoms with van der Waals surface area (Å²) in [6.45, 7) is 2.29. The Labute approximate surface area is 127 Å². The number of piperazine rings is 1. The highest BCUT2D eigenvalue weighted by Crippen LogP contribution is 2.49. The summed E-state index contributed by atoms with van der Waals surface area (Å²) in [5, 5.41) is 0. The molecular formula is C19H22N2. The lowest BCUT2D eigenvalue weighted by Gasteiger charge is -2.43. The van der Waals surface area contributed by atoms with Crippen molar-refractivity contribution in [3.63, 3.8) is 0 Å². The lowest BCUT2D eigenvalue weighted by Crippen LogP contribution is -2.51. The summed E-state index contributed by atoms with van der Waals surface area (Å²) >= 11 is 0. The van der Waals surface area contributed by atoms with E-state index in [0.717, 1.165) is 13.1 Å². The Balaban J connectivity index is 1.89. The molecule has 0 aromatic heterocycles. The van der Waals surface area contributed by atoms with Crippen molar-refractivity contribution in [2.24, 2.45) is 0 Å². The molecule has 0 N–H and O–H groups in total. The quantitative estimate of drug-likeness (QED) is 0.791. The molecule has 1 fully saturated rings. The van der Waals surface area contributed by atoms with Gasteiger partial charge in [0.15, 0.2) is 0 Å². The molecule has 0 saturated carbocycles. The molecule has 2 aromatic carbocycles. The van der Waals surface area contributed by atoms with Crippen LogP contribution in [0, 0.1) is 0 Å². The molecule has 1 heterocycles. The molecule has 2 nitrogen and oxygen atoms in total. The van der Waals surface area contributed by atoms with Crippen LogP contribution in [-0.2, 0) is 0 Å². The van der Waals surface area contributed by atoms with Gasteiger partial charge in [0.1, 0.15) is 0 Å². The van der Waals surface area contributed by atoms with Gasteiger partial charge in [0.2, 0.25) is 0 Å². The van der Waals surface area contributed by atoms with Gasteiger partial charge >= 0.3 is 0 Å². The summed E-state index contributed by atoms with van der Waals surface area (Å²) in [4.78, 5) is 5.09. The highest BCUT2D eigenvalue weighted by atomic mass is 15.3. The standard InChI is InChI=1S/C19H22N2/c1-20-12-13-21(2)19-17(14-8-4-3-5-9-14)15-10-6-7-11-16(15)18(19)20/h3-11,17-19H,12-13H2,1-2H3/t17-,18+,19+/m1/s1. The first-order valence-electron chi connectivity index (χ1n) is 7.81. The van der Waals surface area contributed by atoms with E-state index in [4.69, 9.17) is 0 Å². The molecule has 0 bridgehead atoms. The van der Waals surface area contributed by atoms with Gasteiger partial charge in [-0.25, -0.2) is 0 Å². The Hall–Kier alpha value is -1.64. The molecule has 0 spiro atoms. The lowest BCUT2D eigenvalue weighted by atomic mass is 9.88. The van der Waals surface area contributed by atoms with E-state index >= 15 is 0 Å². The Morgan fingerprint density at radius 2 is 1.38 bits per heavy atom. The minimum atomic E-state index is 0.486. The van der Waals surface area contributed by atoms with Crippen LogP contribution < -0.4 is 0 Å². The fourth-order valence-corrected chi connectivity index (χ4v) is 4.25. The van der Waals surface area contributed by atoms with Crippen molar-refractivity contribution in [2.75, 3.05) is 27.2 Å². The lowest BCUT2D eigenvalue weighted by molar-refractivity contribution is 0.0557. The second-order valence-electron chi connectivity index (χ2n) is 6.41. The maximum Gasteiger partial charge on any atom is 0.0513 e. The number of benzene rings is 2. The average Bonchev–Trinajstić information content (AvgIpc) is 2.88. The first-order chi connectivity index (χ1) is 10.3. The molecule has 0 unspecified atom stereocenters. The van der Waals surface area contributed by atoms with Gasteiger partial charge in [0, 0.05) is 25.0 Å². The van der Waals surface area contributed by atoms with Gasteiger partial charge in [0.05, 0.1) is 6.04 Å². The molecule has 4 rings (SSSR count). The second kappa shape index (κ2) is 4.97. The maximum absolute atomic E-state index is 2.56. The summed E-state index contributed by atoms with van der Waals surface area (Å²) in [7, 11) is 4.56. The monoisotopic (exact) mass is 278 g/mol. The van der Waals surface area contributed by atoms with Crippen LogP contribution >= 0.6 is 0 Å². The smallest absolute Gasteiger partial charge is 0.0513 e. The van der Waals surface area contributed by atoms with Gasteiger partial charge in [-0.3, -0.25) is 9.80 Å². The second-order valence-corrected chi connectivity index (χ2v) is 6.41. The molecule has 1 saturated heterocycles. The van der Waals surface area contributed by atoms with E-state index in [1.165, 1.54) is 16.7 Å². The zero-order valence-corrected chi connectivity index (χ0v) is 12.7. The molecule has 2 aromatic rings. The molecule has 0 radical (unpaired) electrons. The highest BCUT2D eigenvalue weighted by Gasteiger charge is 2.46. The minimum Gasteiger partial charge on any atom is -0.299 e. The predicted molar refractivity (Wildman–Crippen MR) is 86.5 cm³/mol. The van der Waals surface area contributed by atoms with Gasteiger partial charge in [0.25, 0.3) is 0 Å². The molecule has 2 aliphatic rings. The first-order valence-corrected chi connectivity index (χ1v) is 7.81. The van der Waals surface area contributed by atoms with Gasteiger partial charge in [-0.15, -0.1) is 0 Å². The van der Waals surface area contributed by atoms with Crippen LogP contribution in [0.1, 0.15) is 28.7 Å². The summed E-state index contributed by atoms with van der Waals surface area (Å²) in [5.41, 5.74) is 4.48. The molecular weight excluding hydrogens is 256 g/mol. The topological polar surface area (TPSA) is 6.48 Å². The van der Waals surface area contributed by atoms with Crippen molar-refractivity contribution in [3.05, 3.63) is 71.3 Å². The summed E-state index contributed by atoms with van der Waals surface area (Å²) < 4.78 is 0. The van der Waals surface area contributed by atoms with Crippen molar-refractivity contribution in [1.82, 2.24) is 9.80 Å². The predicted octanol–water partition coefficient (Wildman–Crippen LogP) is 3.12. The number of rotatable bonds is 1. The number of hydrogen-bond donors (Lipinski definition) is 0. The van der Waals surface area contributed by atoms with E-state index in [0.29, 0.717) is 18.0 Å².